The lowest BCUT2D eigenvalue weighted by atomic mass is 10.1. The summed E-state index contributed by atoms with van der Waals surface area (Å²) < 4.78 is 7.70. The topological polar surface area (TPSA) is 96.4 Å². The van der Waals surface area contributed by atoms with Crippen molar-refractivity contribution in [2.75, 3.05) is 6.54 Å². The van der Waals surface area contributed by atoms with Crippen molar-refractivity contribution in [3.05, 3.63) is 70.2 Å². The highest BCUT2D eigenvalue weighted by atomic mass is 35.5. The van der Waals surface area contributed by atoms with Crippen LogP contribution in [-0.2, 0) is 6.54 Å². The van der Waals surface area contributed by atoms with Gasteiger partial charge in [0.05, 0.1) is 24.7 Å². The number of aliphatic hydroxyl groups is 1. The Bertz CT molecular complexity index is 1080. The third kappa shape index (κ3) is 4.66. The fraction of sp³-hybridized carbons (Fsp3) is 0.435. The van der Waals surface area contributed by atoms with E-state index < -0.39 is 6.10 Å². The van der Waals surface area contributed by atoms with Gasteiger partial charge < -0.3 is 24.3 Å². The van der Waals surface area contributed by atoms with Gasteiger partial charge in [-0.25, -0.2) is 4.79 Å². The molecule has 0 bridgehead atoms. The summed E-state index contributed by atoms with van der Waals surface area (Å²) in [6.07, 6.45) is 0.465. The van der Waals surface area contributed by atoms with E-state index in [1.165, 1.54) is 0 Å². The highest BCUT2D eigenvalue weighted by Crippen LogP contribution is 2.32. The van der Waals surface area contributed by atoms with Crippen LogP contribution >= 0.6 is 11.6 Å². The van der Waals surface area contributed by atoms with E-state index >= 15 is 0 Å². The molecule has 0 unspecified atom stereocenters. The first-order valence-electron chi connectivity index (χ1n) is 10.8. The van der Waals surface area contributed by atoms with Crippen molar-refractivity contribution < 1.29 is 14.3 Å². The van der Waals surface area contributed by atoms with Crippen LogP contribution in [0.25, 0.3) is 0 Å². The van der Waals surface area contributed by atoms with E-state index in [4.69, 9.17) is 16.0 Å². The number of likely N-dealkylation sites (tertiary alicyclic amines) is 1. The summed E-state index contributed by atoms with van der Waals surface area (Å²) in [5.74, 6) is 2.92. The van der Waals surface area contributed by atoms with E-state index in [0.29, 0.717) is 30.2 Å². The van der Waals surface area contributed by atoms with Gasteiger partial charge in [0, 0.05) is 18.0 Å². The molecule has 1 fully saturated rings. The van der Waals surface area contributed by atoms with Gasteiger partial charge in [-0.15, -0.1) is 10.2 Å². The van der Waals surface area contributed by atoms with E-state index in [1.807, 2.05) is 61.7 Å². The maximum atomic E-state index is 13.2. The number of nitrogens with one attached hydrogen (secondary N) is 1. The molecule has 1 aliphatic rings. The predicted octanol–water partition coefficient (Wildman–Crippen LogP) is 4.16. The van der Waals surface area contributed by atoms with Crippen molar-refractivity contribution in [3.63, 3.8) is 0 Å². The lowest BCUT2D eigenvalue weighted by Gasteiger charge is -2.27. The zero-order valence-electron chi connectivity index (χ0n) is 18.5. The minimum Gasteiger partial charge on any atom is -0.464 e. The molecule has 170 valence electrons. The second-order valence-corrected chi connectivity index (χ2v) is 8.67. The van der Waals surface area contributed by atoms with Crippen molar-refractivity contribution in [3.8, 4) is 0 Å². The molecule has 1 aromatic carbocycles. The minimum atomic E-state index is -0.627. The summed E-state index contributed by atoms with van der Waals surface area (Å²) in [4.78, 5) is 14.9. The molecule has 2 N–H and O–H groups in total. The zero-order valence-corrected chi connectivity index (χ0v) is 19.2. The van der Waals surface area contributed by atoms with Crippen molar-refractivity contribution in [1.29, 1.82) is 0 Å². The molecule has 2 aromatic heterocycles. The summed E-state index contributed by atoms with van der Waals surface area (Å²) in [7, 11) is 0. The van der Waals surface area contributed by atoms with Crippen molar-refractivity contribution >= 4 is 17.6 Å². The Hall–Kier alpha value is -2.84. The molecule has 0 saturated carbocycles. The lowest BCUT2D eigenvalue weighted by molar-refractivity contribution is 0.165. The molecule has 2 amide bonds. The SMILES string of the molecule is CC[C@@H](NC(=O)N1C[C@@H](O)C[C@@H]1c1nnc(C)n1Cc1ccc(Cl)cc1)c1ccc(C)o1. The van der Waals surface area contributed by atoms with Gasteiger partial charge in [-0.1, -0.05) is 30.7 Å². The average molecular weight is 458 g/mol. The van der Waals surface area contributed by atoms with Crippen molar-refractivity contribution in [1.82, 2.24) is 25.0 Å². The normalized spacial score (nSPS) is 19.3. The fourth-order valence-corrected chi connectivity index (χ4v) is 4.27. The number of aromatic nitrogens is 3. The van der Waals surface area contributed by atoms with E-state index in [-0.39, 0.29) is 24.7 Å². The Morgan fingerprint density at radius 3 is 2.66 bits per heavy atom. The first kappa shape index (κ1) is 22.4. The summed E-state index contributed by atoms with van der Waals surface area (Å²) in [6, 6.07) is 10.5. The highest BCUT2D eigenvalue weighted by molar-refractivity contribution is 6.30. The molecule has 0 aliphatic carbocycles. The Morgan fingerprint density at radius 1 is 1.25 bits per heavy atom. The van der Waals surface area contributed by atoms with Crippen LogP contribution in [0.15, 0.2) is 40.8 Å². The second kappa shape index (κ2) is 9.34. The number of benzene rings is 1. The number of amides is 2. The number of aliphatic hydroxyl groups excluding tert-OH is 1. The Labute approximate surface area is 192 Å². The van der Waals surface area contributed by atoms with Crippen LogP contribution < -0.4 is 5.32 Å². The quantitative estimate of drug-likeness (QED) is 0.579. The largest absolute Gasteiger partial charge is 0.464 e. The van der Waals surface area contributed by atoms with Crippen LogP contribution in [0.2, 0.25) is 5.02 Å². The van der Waals surface area contributed by atoms with Gasteiger partial charge >= 0.3 is 6.03 Å². The number of carbonyl (C=O) groups is 1. The number of hydrogen-bond donors (Lipinski definition) is 2. The van der Waals surface area contributed by atoms with E-state index in [0.717, 1.165) is 22.9 Å². The predicted molar refractivity (Wildman–Crippen MR) is 120 cm³/mol. The molecule has 3 aromatic rings. The Kier molecular flexibility index (Phi) is 6.53. The summed E-state index contributed by atoms with van der Waals surface area (Å²) in [5, 5.41) is 22.8. The molecule has 3 heterocycles. The number of nitrogens with zero attached hydrogens (tertiary/aromatic N) is 4. The average Bonchev–Trinajstić information content (AvgIpc) is 3.47. The van der Waals surface area contributed by atoms with Crippen LogP contribution in [0.4, 0.5) is 4.79 Å². The summed E-state index contributed by atoms with van der Waals surface area (Å²) in [5.41, 5.74) is 1.05. The third-order valence-electron chi connectivity index (χ3n) is 5.87. The van der Waals surface area contributed by atoms with Crippen molar-refractivity contribution in [2.24, 2.45) is 0 Å². The number of rotatable bonds is 6. The molecule has 3 atom stereocenters. The third-order valence-corrected chi connectivity index (χ3v) is 6.12. The van der Waals surface area contributed by atoms with Gasteiger partial charge in [0.15, 0.2) is 5.82 Å². The molecular weight excluding hydrogens is 430 g/mol. The number of β-amino-alcohol motifs (C(OH)–C–C–N with tert-alkyl or cyclic N) is 1. The van der Waals surface area contributed by atoms with E-state index in [1.54, 1.807) is 4.90 Å². The molecule has 0 spiro atoms. The molecule has 1 saturated heterocycles. The number of furan rings is 1. The van der Waals surface area contributed by atoms with Crippen molar-refractivity contribution in [2.45, 2.75) is 58.3 Å². The van der Waals surface area contributed by atoms with E-state index in [9.17, 15) is 9.90 Å². The van der Waals surface area contributed by atoms with Crippen LogP contribution in [0, 0.1) is 13.8 Å². The Balaban J connectivity index is 1.56. The molecule has 4 rings (SSSR count). The van der Waals surface area contributed by atoms with Gasteiger partial charge in [0.1, 0.15) is 17.3 Å². The smallest absolute Gasteiger partial charge is 0.318 e. The standard InChI is InChI=1S/C23H28ClN5O3/c1-4-19(21-10-5-14(2)32-21)25-23(31)29-13-18(30)11-20(29)22-27-26-15(3)28(22)12-16-6-8-17(24)9-7-16/h5-10,18-20,30H,4,11-13H2,1-3H3,(H,25,31)/t18-,19+,20+/m0/s1. The molecule has 1 aliphatic heterocycles. The van der Waals surface area contributed by atoms with Gasteiger partial charge in [-0.2, -0.15) is 0 Å². The number of halogens is 1. The lowest BCUT2D eigenvalue weighted by Crippen LogP contribution is -2.42. The van der Waals surface area contributed by atoms with Gasteiger partial charge in [0.25, 0.3) is 0 Å². The fourth-order valence-electron chi connectivity index (χ4n) is 4.14. The minimum absolute atomic E-state index is 0.233. The number of hydrogen-bond acceptors (Lipinski definition) is 5. The van der Waals surface area contributed by atoms with Crippen LogP contribution in [-0.4, -0.2) is 43.5 Å². The summed E-state index contributed by atoms with van der Waals surface area (Å²) in [6.45, 7) is 6.54. The molecule has 32 heavy (non-hydrogen) atoms. The van der Waals surface area contributed by atoms with Crippen LogP contribution in [0.5, 0.6) is 0 Å². The van der Waals surface area contributed by atoms with Gasteiger partial charge in [-0.05, 0) is 50.1 Å². The number of urea groups is 1. The molecule has 9 heteroatoms. The molecule has 8 nitrogen and oxygen atoms in total. The van der Waals surface area contributed by atoms with E-state index in [2.05, 4.69) is 15.5 Å². The first-order valence-corrected chi connectivity index (χ1v) is 11.2. The van der Waals surface area contributed by atoms with Gasteiger partial charge in [-0.3, -0.25) is 0 Å². The molecule has 0 radical (unpaired) electrons. The highest BCUT2D eigenvalue weighted by Gasteiger charge is 2.39. The number of aryl methyl sites for hydroxylation is 2. The monoisotopic (exact) mass is 457 g/mol. The summed E-state index contributed by atoms with van der Waals surface area (Å²) >= 11 is 6.01. The maximum Gasteiger partial charge on any atom is 0.318 e. The number of carbonyl (C=O) groups excluding carboxylic acids is 1. The maximum absolute atomic E-state index is 13.2. The zero-order chi connectivity index (χ0) is 22.8. The molecular formula is C23H28ClN5O3. The first-order chi connectivity index (χ1) is 15.4. The Morgan fingerprint density at radius 2 is 2.00 bits per heavy atom. The second-order valence-electron chi connectivity index (χ2n) is 8.23. The van der Waals surface area contributed by atoms with Crippen LogP contribution in [0.1, 0.15) is 60.6 Å². The van der Waals surface area contributed by atoms with Crippen LogP contribution in [0.3, 0.4) is 0 Å². The van der Waals surface area contributed by atoms with Gasteiger partial charge in [0.2, 0.25) is 0 Å².